The van der Waals surface area contributed by atoms with E-state index in [-0.39, 0.29) is 46.9 Å². The smallest absolute Gasteiger partial charge is 0 e. The normalized spacial score (nSPS) is 8.22. The van der Waals surface area contributed by atoms with Gasteiger partial charge in [0.25, 0.3) is 0 Å². The minimum atomic E-state index is 0. The second kappa shape index (κ2) is 4.54. The third-order valence-corrected chi connectivity index (χ3v) is 1.33. The molecule has 0 saturated carbocycles. The number of rotatable bonds is 0. The van der Waals surface area contributed by atoms with Gasteiger partial charge in [-0.3, -0.25) is 0 Å². The quantitative estimate of drug-likeness (QED) is 0.638. The fraction of sp³-hybridized carbons (Fsp3) is 0.250. The molecule has 0 aliphatic rings. The Kier molecular flexibility index (Phi) is 4.91. The van der Waals surface area contributed by atoms with Crippen molar-refractivity contribution in [3.63, 3.8) is 0 Å². The van der Waals surface area contributed by atoms with E-state index in [4.69, 9.17) is 0 Å². The second-order valence-corrected chi connectivity index (χ2v) is 1.98. The molecule has 0 aliphatic heterocycles. The predicted molar refractivity (Wildman–Crippen MR) is 34.8 cm³/mol. The first-order valence-corrected chi connectivity index (χ1v) is 2.74. The van der Waals surface area contributed by atoms with Gasteiger partial charge in [-0.05, 0) is 0 Å². The molecule has 0 heterocycles. The zero-order valence-corrected chi connectivity index (χ0v) is 7.21. The van der Waals surface area contributed by atoms with Crippen molar-refractivity contribution < 1.29 is 46.9 Å². The summed E-state index contributed by atoms with van der Waals surface area (Å²) < 4.78 is 0. The molecule has 9 heavy (non-hydrogen) atoms. The Morgan fingerprint density at radius 1 is 1.33 bits per heavy atom. The molecule has 1 aromatic carbocycles. The number of benzene rings is 1. The molecule has 0 aromatic heterocycles. The van der Waals surface area contributed by atoms with Gasteiger partial charge in [0.05, 0.1) is 0 Å². The van der Waals surface area contributed by atoms with Gasteiger partial charge in [-0.25, -0.2) is 0 Å². The first kappa shape index (κ1) is 9.74. The Bertz CT molecular complexity index is 161. The Morgan fingerprint density at radius 2 is 2.00 bits per heavy atom. The number of aryl methyl sites for hydroxylation is 2. The molecule has 0 bridgehead atoms. The van der Waals surface area contributed by atoms with Gasteiger partial charge in [-0.2, -0.15) is 35.4 Å². The minimum absolute atomic E-state index is 0. The van der Waals surface area contributed by atoms with Gasteiger partial charge in [-0.1, -0.05) is 13.8 Å². The van der Waals surface area contributed by atoms with Gasteiger partial charge < -0.3 is 0 Å². The third-order valence-electron chi connectivity index (χ3n) is 1.33. The second-order valence-electron chi connectivity index (χ2n) is 1.98. The summed E-state index contributed by atoms with van der Waals surface area (Å²) >= 11 is 0. The first-order valence-electron chi connectivity index (χ1n) is 2.74. The van der Waals surface area contributed by atoms with Crippen LogP contribution in [-0.4, -0.2) is 0 Å². The molecule has 1 heteroatoms. The molecule has 0 spiro atoms. The van der Waals surface area contributed by atoms with Crippen LogP contribution in [0.5, 0.6) is 0 Å². The molecule has 1 aromatic rings. The van der Waals surface area contributed by atoms with E-state index in [0.29, 0.717) is 0 Å². The maximum atomic E-state index is 3.10. The summed E-state index contributed by atoms with van der Waals surface area (Å²) in [6.07, 6.45) is 0. The van der Waals surface area contributed by atoms with E-state index in [1.54, 1.807) is 0 Å². The maximum Gasteiger partial charge on any atom is 0 e. The van der Waals surface area contributed by atoms with Crippen LogP contribution in [0.4, 0.5) is 0 Å². The van der Waals surface area contributed by atoms with Crippen molar-refractivity contribution in [2.75, 3.05) is 0 Å². The third kappa shape index (κ3) is 2.88. The molecular formula is C8H9Yb-. The Balaban J connectivity index is 0.000000640. The molecule has 1 rings (SSSR count). The van der Waals surface area contributed by atoms with Gasteiger partial charge >= 0.3 is 0 Å². The Hall–Kier alpha value is 0.739. The largest absolute Gasteiger partial charge is 0.180 e. The monoisotopic (exact) mass is 279 g/mol. The van der Waals surface area contributed by atoms with Crippen LogP contribution in [0.25, 0.3) is 0 Å². The van der Waals surface area contributed by atoms with Crippen LogP contribution >= 0.6 is 0 Å². The summed E-state index contributed by atoms with van der Waals surface area (Å²) in [6, 6.07) is 9.12. The summed E-state index contributed by atoms with van der Waals surface area (Å²) in [7, 11) is 0. The van der Waals surface area contributed by atoms with Gasteiger partial charge in [0.2, 0.25) is 0 Å². The van der Waals surface area contributed by atoms with Crippen molar-refractivity contribution in [3.05, 3.63) is 35.4 Å². The standard InChI is InChI=1S/C8H9.Yb/c1-7-5-3-4-6-8(7)2;/h3-5H,1-2H3;/q-1;. The van der Waals surface area contributed by atoms with Gasteiger partial charge in [-0.15, -0.1) is 0 Å². The summed E-state index contributed by atoms with van der Waals surface area (Å²) in [5.41, 5.74) is 2.56. The topological polar surface area (TPSA) is 0 Å². The Labute approximate surface area is 94.9 Å². The van der Waals surface area contributed by atoms with E-state index in [2.05, 4.69) is 26.0 Å². The molecule has 0 unspecified atom stereocenters. The molecule has 0 saturated heterocycles. The summed E-state index contributed by atoms with van der Waals surface area (Å²) in [5, 5.41) is 0. The van der Waals surface area contributed by atoms with Crippen molar-refractivity contribution >= 4 is 0 Å². The molecular weight excluding hydrogens is 269 g/mol. The summed E-state index contributed by atoms with van der Waals surface area (Å²) in [6.45, 7) is 4.15. The van der Waals surface area contributed by atoms with Crippen LogP contribution in [0.1, 0.15) is 11.1 Å². The van der Waals surface area contributed by atoms with Gasteiger partial charge in [0.15, 0.2) is 0 Å². The van der Waals surface area contributed by atoms with E-state index < -0.39 is 0 Å². The SMILES string of the molecule is Cc1[c-]cccc1C.[Yb]. The average Bonchev–Trinajstić information content (AvgIpc) is 1.77. The van der Waals surface area contributed by atoms with E-state index >= 15 is 0 Å². The summed E-state index contributed by atoms with van der Waals surface area (Å²) in [4.78, 5) is 0. The van der Waals surface area contributed by atoms with Crippen molar-refractivity contribution in [1.29, 1.82) is 0 Å². The van der Waals surface area contributed by atoms with E-state index in [0.717, 1.165) is 0 Å². The van der Waals surface area contributed by atoms with Crippen LogP contribution in [0.3, 0.4) is 0 Å². The molecule has 0 N–H and O–H groups in total. The minimum Gasteiger partial charge on any atom is -0.180 e. The zero-order valence-electron chi connectivity index (χ0n) is 5.50. The van der Waals surface area contributed by atoms with E-state index in [1.807, 2.05) is 12.1 Å². The molecule has 0 amide bonds. The average molecular weight is 278 g/mol. The molecule has 56 valence electrons. The van der Waals surface area contributed by atoms with Gasteiger partial charge in [0.1, 0.15) is 0 Å². The van der Waals surface area contributed by atoms with Crippen LogP contribution in [0, 0.1) is 66.8 Å². The molecule has 0 atom stereocenters. The Morgan fingerprint density at radius 3 is 2.33 bits per heavy atom. The fourth-order valence-corrected chi connectivity index (χ4v) is 0.604. The van der Waals surface area contributed by atoms with Crippen LogP contribution in [0.15, 0.2) is 18.2 Å². The van der Waals surface area contributed by atoms with Crippen LogP contribution < -0.4 is 0 Å². The number of hydrogen-bond donors (Lipinski definition) is 0. The van der Waals surface area contributed by atoms with Crippen LogP contribution in [-0.2, 0) is 0 Å². The molecule has 0 nitrogen and oxygen atoms in total. The number of hydrogen-bond acceptors (Lipinski definition) is 0. The predicted octanol–water partition coefficient (Wildman–Crippen LogP) is 2.10. The fourth-order valence-electron chi connectivity index (χ4n) is 0.604. The summed E-state index contributed by atoms with van der Waals surface area (Å²) in [5.74, 6) is 0. The zero-order chi connectivity index (χ0) is 5.98. The van der Waals surface area contributed by atoms with Crippen molar-refractivity contribution in [3.8, 4) is 0 Å². The van der Waals surface area contributed by atoms with E-state index in [9.17, 15) is 0 Å². The van der Waals surface area contributed by atoms with Crippen molar-refractivity contribution in [2.45, 2.75) is 13.8 Å². The van der Waals surface area contributed by atoms with Crippen LogP contribution in [0.2, 0.25) is 0 Å². The maximum absolute atomic E-state index is 3.10. The first-order chi connectivity index (χ1) is 3.80. The van der Waals surface area contributed by atoms with Crippen molar-refractivity contribution in [1.82, 2.24) is 0 Å². The molecule has 0 aliphatic carbocycles. The molecule has 0 fully saturated rings. The molecule has 0 radical (unpaired) electrons. The van der Waals surface area contributed by atoms with Crippen molar-refractivity contribution in [2.24, 2.45) is 0 Å². The van der Waals surface area contributed by atoms with E-state index in [1.165, 1.54) is 11.1 Å². The van der Waals surface area contributed by atoms with Gasteiger partial charge in [0, 0.05) is 46.9 Å².